The van der Waals surface area contributed by atoms with Gasteiger partial charge in [-0.1, -0.05) is 19.1 Å². The van der Waals surface area contributed by atoms with Gasteiger partial charge in [0.25, 0.3) is 0 Å². The summed E-state index contributed by atoms with van der Waals surface area (Å²) in [4.78, 5) is 11.0. The molecule has 21 heavy (non-hydrogen) atoms. The summed E-state index contributed by atoms with van der Waals surface area (Å²) >= 11 is 0. The molecule has 1 atom stereocenters. The average Bonchev–Trinajstić information content (AvgIpc) is 2.94. The van der Waals surface area contributed by atoms with Gasteiger partial charge in [0.15, 0.2) is 5.82 Å². The minimum atomic E-state index is -0.871. The van der Waals surface area contributed by atoms with E-state index in [1.54, 1.807) is 11.8 Å². The average molecular weight is 290 g/mol. The summed E-state index contributed by atoms with van der Waals surface area (Å²) in [6, 6.07) is 5.39. The lowest BCUT2D eigenvalue weighted by Crippen LogP contribution is -2.15. The van der Waals surface area contributed by atoms with Gasteiger partial charge in [-0.05, 0) is 35.4 Å². The monoisotopic (exact) mass is 290 g/mol. The molecule has 0 saturated carbocycles. The lowest BCUT2D eigenvalue weighted by Gasteiger charge is -2.15. The molecule has 1 unspecified atom stereocenters. The molecule has 0 amide bonds. The van der Waals surface area contributed by atoms with Crippen LogP contribution in [0.15, 0.2) is 18.2 Å². The highest BCUT2D eigenvalue weighted by Crippen LogP contribution is 2.27. The van der Waals surface area contributed by atoms with Crippen LogP contribution in [0.2, 0.25) is 0 Å². The number of aliphatic carboxylic acids is 1. The number of tetrazole rings is 1. The molecular weight excluding hydrogens is 272 g/mol. The van der Waals surface area contributed by atoms with Crippen molar-refractivity contribution in [3.8, 4) is 17.1 Å². The number of ether oxygens (including phenoxy) is 1. The first kappa shape index (κ1) is 15.0. The highest BCUT2D eigenvalue weighted by molar-refractivity contribution is 5.67. The van der Waals surface area contributed by atoms with Gasteiger partial charge in [-0.3, -0.25) is 4.79 Å². The Hall–Kier alpha value is -2.44. The van der Waals surface area contributed by atoms with Gasteiger partial charge in [0.05, 0.1) is 19.6 Å². The van der Waals surface area contributed by atoms with Crippen molar-refractivity contribution in [1.29, 1.82) is 0 Å². The summed E-state index contributed by atoms with van der Waals surface area (Å²) < 4.78 is 6.87. The zero-order valence-corrected chi connectivity index (χ0v) is 12.3. The van der Waals surface area contributed by atoms with Crippen LogP contribution in [-0.2, 0) is 4.79 Å². The Morgan fingerprint density at radius 2 is 2.24 bits per heavy atom. The van der Waals surface area contributed by atoms with Crippen molar-refractivity contribution in [3.05, 3.63) is 23.8 Å². The van der Waals surface area contributed by atoms with E-state index in [0.717, 1.165) is 16.9 Å². The first-order valence-electron chi connectivity index (χ1n) is 6.71. The normalized spacial score (nSPS) is 12.1. The molecular formula is C14H18N4O3. The van der Waals surface area contributed by atoms with Gasteiger partial charge in [0, 0.05) is 5.56 Å². The van der Waals surface area contributed by atoms with Gasteiger partial charge in [0.2, 0.25) is 0 Å². The zero-order chi connectivity index (χ0) is 15.4. The maximum atomic E-state index is 11.0. The zero-order valence-electron chi connectivity index (χ0n) is 12.3. The van der Waals surface area contributed by atoms with E-state index >= 15 is 0 Å². The number of rotatable bonds is 6. The maximum Gasteiger partial charge on any atom is 0.305 e. The van der Waals surface area contributed by atoms with E-state index in [-0.39, 0.29) is 12.5 Å². The van der Waals surface area contributed by atoms with Gasteiger partial charge < -0.3 is 9.84 Å². The van der Waals surface area contributed by atoms with E-state index in [4.69, 9.17) is 9.84 Å². The lowest BCUT2D eigenvalue weighted by molar-refractivity contribution is -0.138. The molecule has 0 bridgehead atoms. The highest BCUT2D eigenvalue weighted by Gasteiger charge is 2.20. The molecule has 0 saturated heterocycles. The predicted molar refractivity (Wildman–Crippen MR) is 76.1 cm³/mol. The summed E-state index contributed by atoms with van der Waals surface area (Å²) in [5.41, 5.74) is 1.81. The number of carboxylic acids is 1. The molecule has 0 aliphatic rings. The number of aryl methyl sites for hydroxylation is 1. The number of hydrogen-bond acceptors (Lipinski definition) is 5. The smallest absolute Gasteiger partial charge is 0.305 e. The van der Waals surface area contributed by atoms with Crippen LogP contribution < -0.4 is 4.74 Å². The second kappa shape index (κ2) is 6.34. The van der Waals surface area contributed by atoms with Crippen LogP contribution in [0.3, 0.4) is 0 Å². The SMILES string of the molecule is CCC(CC(=O)O)n1nnnc1-c1ccc(C)c(OC)c1. The van der Waals surface area contributed by atoms with Crippen molar-refractivity contribution >= 4 is 5.97 Å². The molecule has 7 nitrogen and oxygen atoms in total. The second-order valence-corrected chi connectivity index (χ2v) is 4.79. The number of aromatic nitrogens is 4. The van der Waals surface area contributed by atoms with Crippen molar-refractivity contribution in [3.63, 3.8) is 0 Å². The van der Waals surface area contributed by atoms with Crippen LogP contribution in [0.5, 0.6) is 5.75 Å². The molecule has 0 aliphatic carbocycles. The molecule has 0 spiro atoms. The Bertz CT molecular complexity index is 639. The van der Waals surface area contributed by atoms with Crippen molar-refractivity contribution in [1.82, 2.24) is 20.2 Å². The number of hydrogen-bond donors (Lipinski definition) is 1. The van der Waals surface area contributed by atoms with Crippen LogP contribution in [-0.4, -0.2) is 38.4 Å². The molecule has 1 N–H and O–H groups in total. The summed E-state index contributed by atoms with van der Waals surface area (Å²) in [7, 11) is 1.61. The van der Waals surface area contributed by atoms with E-state index in [1.807, 2.05) is 32.0 Å². The Morgan fingerprint density at radius 1 is 1.48 bits per heavy atom. The maximum absolute atomic E-state index is 11.0. The standard InChI is InChI=1S/C14H18N4O3/c1-4-11(8-13(19)20)18-14(15-16-17-18)10-6-5-9(2)12(7-10)21-3/h5-7,11H,4,8H2,1-3H3,(H,19,20). The highest BCUT2D eigenvalue weighted by atomic mass is 16.5. The fourth-order valence-corrected chi connectivity index (χ4v) is 2.19. The fourth-order valence-electron chi connectivity index (χ4n) is 2.19. The Labute approximate surface area is 122 Å². The molecule has 0 aliphatic heterocycles. The molecule has 0 fully saturated rings. The largest absolute Gasteiger partial charge is 0.496 e. The summed E-state index contributed by atoms with van der Waals surface area (Å²) in [5.74, 6) is 0.416. The molecule has 112 valence electrons. The molecule has 7 heteroatoms. The van der Waals surface area contributed by atoms with Crippen LogP contribution in [0, 0.1) is 6.92 Å². The summed E-state index contributed by atoms with van der Waals surface area (Å²) in [6.07, 6.45) is 0.616. The third kappa shape index (κ3) is 3.18. The van der Waals surface area contributed by atoms with E-state index in [9.17, 15) is 4.79 Å². The van der Waals surface area contributed by atoms with Crippen LogP contribution in [0.25, 0.3) is 11.4 Å². The number of nitrogens with zero attached hydrogens (tertiary/aromatic N) is 4. The molecule has 0 radical (unpaired) electrons. The third-order valence-corrected chi connectivity index (χ3v) is 3.39. The third-order valence-electron chi connectivity index (χ3n) is 3.39. The minimum Gasteiger partial charge on any atom is -0.496 e. The molecule has 2 aromatic rings. The fraction of sp³-hybridized carbons (Fsp3) is 0.429. The topological polar surface area (TPSA) is 90.1 Å². The van der Waals surface area contributed by atoms with Gasteiger partial charge in [-0.15, -0.1) is 5.10 Å². The molecule has 1 heterocycles. The van der Waals surface area contributed by atoms with Crippen LogP contribution in [0.1, 0.15) is 31.4 Å². The van der Waals surface area contributed by atoms with E-state index in [1.165, 1.54) is 0 Å². The number of methoxy groups -OCH3 is 1. The lowest BCUT2D eigenvalue weighted by atomic mass is 10.1. The Morgan fingerprint density at radius 3 is 2.86 bits per heavy atom. The van der Waals surface area contributed by atoms with Crippen molar-refractivity contribution in [2.24, 2.45) is 0 Å². The first-order chi connectivity index (χ1) is 10.1. The van der Waals surface area contributed by atoms with Crippen molar-refractivity contribution in [2.45, 2.75) is 32.7 Å². The van der Waals surface area contributed by atoms with Gasteiger partial charge in [-0.25, -0.2) is 4.68 Å². The molecule has 1 aromatic carbocycles. The quantitative estimate of drug-likeness (QED) is 0.876. The van der Waals surface area contributed by atoms with Gasteiger partial charge in [-0.2, -0.15) is 0 Å². The number of benzene rings is 1. The van der Waals surface area contributed by atoms with Crippen molar-refractivity contribution in [2.75, 3.05) is 7.11 Å². The summed E-state index contributed by atoms with van der Waals surface area (Å²) in [6.45, 7) is 3.86. The second-order valence-electron chi connectivity index (χ2n) is 4.79. The van der Waals surface area contributed by atoms with Crippen LogP contribution >= 0.6 is 0 Å². The molecule has 1 aromatic heterocycles. The number of carboxylic acid groups (broad SMARTS) is 1. The van der Waals surface area contributed by atoms with E-state index in [2.05, 4.69) is 15.5 Å². The van der Waals surface area contributed by atoms with Crippen molar-refractivity contribution < 1.29 is 14.6 Å². The summed E-state index contributed by atoms with van der Waals surface area (Å²) in [5, 5.41) is 20.6. The molecule has 2 rings (SSSR count). The van der Waals surface area contributed by atoms with Gasteiger partial charge in [0.1, 0.15) is 5.75 Å². The van der Waals surface area contributed by atoms with E-state index in [0.29, 0.717) is 12.2 Å². The minimum absolute atomic E-state index is 0.0163. The Kier molecular flexibility index (Phi) is 4.52. The van der Waals surface area contributed by atoms with Crippen LogP contribution in [0.4, 0.5) is 0 Å². The predicted octanol–water partition coefficient (Wildman–Crippen LogP) is 2.08. The number of carbonyl (C=O) groups is 1. The Balaban J connectivity index is 2.42. The van der Waals surface area contributed by atoms with Gasteiger partial charge >= 0.3 is 5.97 Å². The first-order valence-corrected chi connectivity index (χ1v) is 6.71. The van der Waals surface area contributed by atoms with E-state index < -0.39 is 5.97 Å².